The number of aromatic nitrogens is 4. The van der Waals surface area contributed by atoms with Gasteiger partial charge in [-0.25, -0.2) is 0 Å². The number of aliphatic imine (C=N–C) groups is 1. The second-order valence-corrected chi connectivity index (χ2v) is 7.25. The van der Waals surface area contributed by atoms with Crippen LogP contribution in [0, 0.1) is 0 Å². The summed E-state index contributed by atoms with van der Waals surface area (Å²) in [5.74, 6) is 1.74. The Bertz CT molecular complexity index is 833. The molecule has 0 unspecified atom stereocenters. The summed E-state index contributed by atoms with van der Waals surface area (Å²) in [5.41, 5.74) is 1.90. The van der Waals surface area contributed by atoms with Crippen LogP contribution < -0.4 is 21.7 Å². The van der Waals surface area contributed by atoms with Gasteiger partial charge in [0.1, 0.15) is 16.4 Å². The van der Waals surface area contributed by atoms with Gasteiger partial charge in [-0.1, -0.05) is 48.2 Å². The number of para-hydroxylation sites is 1. The SMILES string of the molecule is CC1(C)CSC([n+]2c(-c3ccccc3)nnn2-c2ccccc2)=N1.[Br-]. The van der Waals surface area contributed by atoms with Crippen molar-refractivity contribution in [2.45, 2.75) is 19.4 Å². The average Bonchev–Trinajstić information content (AvgIpc) is 3.19. The lowest BCUT2D eigenvalue weighted by Gasteiger charge is -2.05. The highest BCUT2D eigenvalue weighted by atomic mass is 79.9. The predicted molar refractivity (Wildman–Crippen MR) is 96.4 cm³/mol. The van der Waals surface area contributed by atoms with Gasteiger partial charge in [0.2, 0.25) is 0 Å². The molecular weight excluding hydrogens is 398 g/mol. The van der Waals surface area contributed by atoms with Crippen LogP contribution in [0.25, 0.3) is 17.1 Å². The lowest BCUT2D eigenvalue weighted by atomic mass is 10.1. The van der Waals surface area contributed by atoms with Crippen LogP contribution in [0.3, 0.4) is 0 Å². The van der Waals surface area contributed by atoms with Crippen molar-refractivity contribution in [2.75, 3.05) is 5.75 Å². The molecule has 0 amide bonds. The van der Waals surface area contributed by atoms with Gasteiger partial charge in [0.05, 0.1) is 5.10 Å². The van der Waals surface area contributed by atoms with Gasteiger partial charge in [0.25, 0.3) is 5.17 Å². The number of hydrogen-bond donors (Lipinski definition) is 0. The Kier molecular flexibility index (Phi) is 5.06. The normalized spacial score (nSPS) is 15.5. The third kappa shape index (κ3) is 3.52. The van der Waals surface area contributed by atoms with E-state index in [1.165, 1.54) is 0 Å². The van der Waals surface area contributed by atoms with Crippen molar-refractivity contribution in [3.63, 3.8) is 0 Å². The minimum Gasteiger partial charge on any atom is -1.00 e. The molecule has 128 valence electrons. The van der Waals surface area contributed by atoms with E-state index in [-0.39, 0.29) is 22.5 Å². The molecule has 2 heterocycles. The van der Waals surface area contributed by atoms with Crippen molar-refractivity contribution < 1.29 is 21.7 Å². The Hall–Kier alpha value is -1.99. The van der Waals surface area contributed by atoms with Gasteiger partial charge >= 0.3 is 5.82 Å². The van der Waals surface area contributed by atoms with Crippen LogP contribution >= 0.6 is 11.8 Å². The first kappa shape index (κ1) is 17.8. The van der Waals surface area contributed by atoms with Crippen molar-refractivity contribution in [3.8, 4) is 17.1 Å². The number of tetrazole rings is 1. The maximum absolute atomic E-state index is 4.88. The molecule has 1 aliphatic rings. The third-order valence-corrected chi connectivity index (χ3v) is 5.14. The molecule has 25 heavy (non-hydrogen) atoms. The fourth-order valence-corrected chi connectivity index (χ4v) is 3.74. The van der Waals surface area contributed by atoms with Gasteiger partial charge in [-0.3, -0.25) is 0 Å². The van der Waals surface area contributed by atoms with Crippen LogP contribution in [0.4, 0.5) is 0 Å². The number of nitrogens with zero attached hydrogens (tertiary/aromatic N) is 5. The number of halogens is 1. The number of hydrogen-bond acceptors (Lipinski definition) is 4. The van der Waals surface area contributed by atoms with E-state index in [1.54, 1.807) is 11.8 Å². The first-order valence-electron chi connectivity index (χ1n) is 7.86. The van der Waals surface area contributed by atoms with E-state index in [9.17, 15) is 0 Å². The van der Waals surface area contributed by atoms with E-state index in [0.717, 1.165) is 28.0 Å². The summed E-state index contributed by atoms with van der Waals surface area (Å²) in [6, 6.07) is 20.1. The Balaban J connectivity index is 0.00000182. The van der Waals surface area contributed by atoms with Crippen molar-refractivity contribution in [3.05, 3.63) is 60.7 Å². The van der Waals surface area contributed by atoms with Crippen LogP contribution in [0.1, 0.15) is 13.8 Å². The lowest BCUT2D eigenvalue weighted by Crippen LogP contribution is -3.00. The topological polar surface area (TPSA) is 47.0 Å². The fourth-order valence-electron chi connectivity index (χ4n) is 2.60. The number of benzene rings is 2. The van der Waals surface area contributed by atoms with Crippen molar-refractivity contribution in [1.82, 2.24) is 15.1 Å². The molecule has 0 bridgehead atoms. The first-order valence-corrected chi connectivity index (χ1v) is 8.84. The van der Waals surface area contributed by atoms with Crippen LogP contribution in [0.5, 0.6) is 0 Å². The predicted octanol–water partition coefficient (Wildman–Crippen LogP) is -0.0447. The largest absolute Gasteiger partial charge is 1.00 e. The van der Waals surface area contributed by atoms with E-state index >= 15 is 0 Å². The molecule has 1 aromatic heterocycles. The molecule has 0 fully saturated rings. The van der Waals surface area contributed by atoms with Crippen LogP contribution in [-0.2, 0) is 0 Å². The Morgan fingerprint density at radius 2 is 1.64 bits per heavy atom. The highest BCUT2D eigenvalue weighted by molar-refractivity contribution is 8.13. The molecule has 0 atom stereocenters. The molecule has 2 aromatic carbocycles. The van der Waals surface area contributed by atoms with E-state index in [0.29, 0.717) is 0 Å². The summed E-state index contributed by atoms with van der Waals surface area (Å²) in [5, 5.41) is 9.75. The number of rotatable bonds is 2. The van der Waals surface area contributed by atoms with Gasteiger partial charge in [0.15, 0.2) is 0 Å². The number of thioether (sulfide) groups is 1. The van der Waals surface area contributed by atoms with Crippen LogP contribution in [0.2, 0.25) is 0 Å². The molecule has 5 nitrogen and oxygen atoms in total. The first-order chi connectivity index (χ1) is 11.6. The van der Waals surface area contributed by atoms with E-state index in [2.05, 4.69) is 24.2 Å². The summed E-state index contributed by atoms with van der Waals surface area (Å²) in [4.78, 5) is 6.69. The van der Waals surface area contributed by atoms with Crippen LogP contribution in [-0.4, -0.2) is 31.6 Å². The van der Waals surface area contributed by atoms with Crippen molar-refractivity contribution >= 4 is 16.9 Å². The second-order valence-electron chi connectivity index (χ2n) is 6.31. The van der Waals surface area contributed by atoms with Gasteiger partial charge in [-0.05, 0) is 42.9 Å². The molecule has 0 spiro atoms. The molecule has 1 aliphatic heterocycles. The maximum atomic E-state index is 4.88. The van der Waals surface area contributed by atoms with Crippen molar-refractivity contribution in [1.29, 1.82) is 0 Å². The quantitative estimate of drug-likeness (QED) is 0.551. The monoisotopic (exact) mass is 415 g/mol. The van der Waals surface area contributed by atoms with Crippen LogP contribution in [0.15, 0.2) is 65.7 Å². The highest BCUT2D eigenvalue weighted by Gasteiger charge is 2.36. The van der Waals surface area contributed by atoms with E-state index in [4.69, 9.17) is 4.99 Å². The molecule has 0 radical (unpaired) electrons. The van der Waals surface area contributed by atoms with E-state index in [1.807, 2.05) is 70.1 Å². The third-order valence-electron chi connectivity index (χ3n) is 3.77. The van der Waals surface area contributed by atoms with Gasteiger partial charge in [-0.2, -0.15) is 4.99 Å². The maximum Gasteiger partial charge on any atom is 0.302 e. The van der Waals surface area contributed by atoms with Gasteiger partial charge < -0.3 is 17.0 Å². The molecule has 3 aromatic rings. The Morgan fingerprint density at radius 3 is 2.24 bits per heavy atom. The second kappa shape index (κ2) is 7.09. The smallest absolute Gasteiger partial charge is 0.302 e. The average molecular weight is 416 g/mol. The minimum atomic E-state index is -0.0766. The van der Waals surface area contributed by atoms with Gasteiger partial charge in [-0.15, -0.1) is 4.68 Å². The Labute approximate surface area is 161 Å². The molecule has 7 heteroatoms. The lowest BCUT2D eigenvalue weighted by molar-refractivity contribution is -0.628. The fraction of sp³-hybridized carbons (Fsp3) is 0.222. The Morgan fingerprint density at radius 1 is 1.00 bits per heavy atom. The molecule has 0 saturated carbocycles. The molecule has 0 N–H and O–H groups in total. The summed E-state index contributed by atoms with van der Waals surface area (Å²) in [6.45, 7) is 4.29. The zero-order chi connectivity index (χ0) is 16.6. The molecule has 0 aliphatic carbocycles. The summed E-state index contributed by atoms with van der Waals surface area (Å²) >= 11 is 1.74. The summed E-state index contributed by atoms with van der Waals surface area (Å²) in [6.07, 6.45) is 0. The molecular formula is C18H18BrN5S. The van der Waals surface area contributed by atoms with Crippen molar-refractivity contribution in [2.24, 2.45) is 4.99 Å². The van der Waals surface area contributed by atoms with Gasteiger partial charge in [0, 0.05) is 11.3 Å². The molecule has 0 saturated heterocycles. The highest BCUT2D eigenvalue weighted by Crippen LogP contribution is 2.26. The zero-order valence-corrected chi connectivity index (χ0v) is 16.4. The summed E-state index contributed by atoms with van der Waals surface area (Å²) < 4.78 is 2.00. The molecule has 4 rings (SSSR count). The summed E-state index contributed by atoms with van der Waals surface area (Å²) in [7, 11) is 0. The standard InChI is InChI=1S/C18H18N5S.BrH/c1-18(2)13-24-17(19-18)22-16(14-9-5-3-6-10-14)20-21-23(22)15-11-7-4-8-12-15;/h3-12H,13H2,1-2H3;1H/q+1;/p-1. The van der Waals surface area contributed by atoms with E-state index < -0.39 is 0 Å². The minimum absolute atomic E-state index is 0. The zero-order valence-electron chi connectivity index (χ0n) is 14.0.